The zero-order valence-corrected chi connectivity index (χ0v) is 17.8. The highest BCUT2D eigenvalue weighted by atomic mass is 16.2. The van der Waals surface area contributed by atoms with Crippen LogP contribution in [0.1, 0.15) is 52.1 Å². The van der Waals surface area contributed by atoms with E-state index in [0.717, 1.165) is 55.0 Å². The Labute approximate surface area is 173 Å². The SMILES string of the molecule is Cc1cc(C(=O)CN(C)CC(=O)N2CCCC2)c(C)n1-c1ccc2c(c1)CCC2. The number of ketones is 1. The summed E-state index contributed by atoms with van der Waals surface area (Å²) < 4.78 is 2.18. The summed E-state index contributed by atoms with van der Waals surface area (Å²) in [7, 11) is 1.85. The summed E-state index contributed by atoms with van der Waals surface area (Å²) in [6.07, 6.45) is 5.72. The van der Waals surface area contributed by atoms with E-state index in [1.54, 1.807) is 0 Å². The van der Waals surface area contributed by atoms with Gasteiger partial charge in [-0.15, -0.1) is 0 Å². The fourth-order valence-electron chi connectivity index (χ4n) is 4.82. The van der Waals surface area contributed by atoms with E-state index in [-0.39, 0.29) is 18.2 Å². The lowest BCUT2D eigenvalue weighted by molar-refractivity contribution is -0.130. The van der Waals surface area contributed by atoms with E-state index < -0.39 is 0 Å². The van der Waals surface area contributed by atoms with Gasteiger partial charge in [0.15, 0.2) is 5.78 Å². The number of nitrogens with zero attached hydrogens (tertiary/aromatic N) is 3. The Balaban J connectivity index is 1.48. The number of likely N-dealkylation sites (N-methyl/N-ethyl adjacent to an activating group) is 1. The van der Waals surface area contributed by atoms with Crippen molar-refractivity contribution in [3.05, 3.63) is 52.3 Å². The zero-order chi connectivity index (χ0) is 20.5. The van der Waals surface area contributed by atoms with Crippen LogP contribution in [0.25, 0.3) is 5.69 Å². The molecule has 154 valence electrons. The number of carbonyl (C=O) groups excluding carboxylic acids is 2. The molecule has 2 aliphatic rings. The number of hydrogen-bond acceptors (Lipinski definition) is 3. The molecule has 0 atom stereocenters. The van der Waals surface area contributed by atoms with Gasteiger partial charge in [-0.25, -0.2) is 0 Å². The van der Waals surface area contributed by atoms with Gasteiger partial charge in [-0.1, -0.05) is 6.07 Å². The summed E-state index contributed by atoms with van der Waals surface area (Å²) >= 11 is 0. The smallest absolute Gasteiger partial charge is 0.236 e. The second-order valence-corrected chi connectivity index (χ2v) is 8.61. The van der Waals surface area contributed by atoms with E-state index in [1.807, 2.05) is 29.8 Å². The molecule has 5 nitrogen and oxygen atoms in total. The number of fused-ring (bicyclic) bond motifs is 1. The number of benzene rings is 1. The van der Waals surface area contributed by atoms with Crippen LogP contribution in [0.15, 0.2) is 24.3 Å². The van der Waals surface area contributed by atoms with Crippen LogP contribution in [0.5, 0.6) is 0 Å². The Morgan fingerprint density at radius 2 is 1.69 bits per heavy atom. The molecule has 5 heteroatoms. The largest absolute Gasteiger partial charge is 0.342 e. The predicted molar refractivity (Wildman–Crippen MR) is 115 cm³/mol. The van der Waals surface area contributed by atoms with Gasteiger partial charge in [0.2, 0.25) is 5.91 Å². The summed E-state index contributed by atoms with van der Waals surface area (Å²) in [5.41, 5.74) is 6.82. The molecule has 1 aromatic heterocycles. The maximum atomic E-state index is 13.0. The molecular formula is C24H31N3O2. The van der Waals surface area contributed by atoms with E-state index in [9.17, 15) is 9.59 Å². The molecule has 0 bridgehead atoms. The quantitative estimate of drug-likeness (QED) is 0.708. The third-order valence-corrected chi connectivity index (χ3v) is 6.35. The fourth-order valence-corrected chi connectivity index (χ4v) is 4.82. The molecule has 0 unspecified atom stereocenters. The van der Waals surface area contributed by atoms with Gasteiger partial charge >= 0.3 is 0 Å². The Kier molecular flexibility index (Phi) is 5.59. The lowest BCUT2D eigenvalue weighted by Gasteiger charge is -2.20. The van der Waals surface area contributed by atoms with E-state index >= 15 is 0 Å². The van der Waals surface area contributed by atoms with Crippen molar-refractivity contribution in [2.45, 2.75) is 46.0 Å². The first-order valence-corrected chi connectivity index (χ1v) is 10.7. The number of hydrogen-bond donors (Lipinski definition) is 0. The van der Waals surface area contributed by atoms with Crippen LogP contribution in [-0.4, -0.2) is 59.3 Å². The topological polar surface area (TPSA) is 45.6 Å². The maximum Gasteiger partial charge on any atom is 0.236 e. The molecule has 1 aromatic carbocycles. The molecule has 0 saturated carbocycles. The van der Waals surface area contributed by atoms with Crippen LogP contribution in [0, 0.1) is 13.8 Å². The number of Topliss-reactive ketones (excluding diaryl/α,β-unsaturated/α-hetero) is 1. The van der Waals surface area contributed by atoms with Crippen molar-refractivity contribution >= 4 is 11.7 Å². The van der Waals surface area contributed by atoms with E-state index in [2.05, 4.69) is 29.7 Å². The third-order valence-electron chi connectivity index (χ3n) is 6.35. The van der Waals surface area contributed by atoms with Gasteiger partial charge in [0.05, 0.1) is 13.1 Å². The molecule has 1 amide bonds. The first-order valence-electron chi connectivity index (χ1n) is 10.7. The molecule has 29 heavy (non-hydrogen) atoms. The van der Waals surface area contributed by atoms with Crippen LogP contribution in [0.3, 0.4) is 0 Å². The summed E-state index contributed by atoms with van der Waals surface area (Å²) in [6, 6.07) is 8.66. The number of aryl methyl sites for hydroxylation is 3. The van der Waals surface area contributed by atoms with Crippen LogP contribution in [-0.2, 0) is 17.6 Å². The van der Waals surface area contributed by atoms with Gasteiger partial charge in [0.25, 0.3) is 0 Å². The van der Waals surface area contributed by atoms with Crippen molar-refractivity contribution in [3.63, 3.8) is 0 Å². The predicted octanol–water partition coefficient (Wildman–Crippen LogP) is 3.32. The molecule has 1 aliphatic carbocycles. The second kappa shape index (κ2) is 8.15. The van der Waals surface area contributed by atoms with Gasteiger partial charge in [-0.3, -0.25) is 14.5 Å². The number of rotatable bonds is 6. The summed E-state index contributed by atoms with van der Waals surface area (Å²) in [5, 5.41) is 0. The Bertz CT molecular complexity index is 938. The third kappa shape index (κ3) is 4.01. The van der Waals surface area contributed by atoms with Crippen molar-refractivity contribution in [1.82, 2.24) is 14.4 Å². The summed E-state index contributed by atoms with van der Waals surface area (Å²) in [6.45, 7) is 6.33. The molecule has 2 heterocycles. The molecule has 2 aromatic rings. The van der Waals surface area contributed by atoms with Crippen molar-refractivity contribution in [2.24, 2.45) is 0 Å². The number of amides is 1. The Hall–Kier alpha value is -2.40. The molecule has 0 N–H and O–H groups in total. The molecule has 0 spiro atoms. The highest BCUT2D eigenvalue weighted by Crippen LogP contribution is 2.27. The van der Waals surface area contributed by atoms with Gasteiger partial charge in [-0.2, -0.15) is 0 Å². The van der Waals surface area contributed by atoms with Crippen molar-refractivity contribution in [2.75, 3.05) is 33.2 Å². The van der Waals surface area contributed by atoms with Gasteiger partial charge in [-0.05, 0) is 82.3 Å². The fraction of sp³-hybridized carbons (Fsp3) is 0.500. The van der Waals surface area contributed by atoms with Gasteiger partial charge < -0.3 is 9.47 Å². The van der Waals surface area contributed by atoms with Crippen molar-refractivity contribution in [1.29, 1.82) is 0 Å². The van der Waals surface area contributed by atoms with E-state index in [0.29, 0.717) is 6.54 Å². The summed E-state index contributed by atoms with van der Waals surface area (Å²) in [4.78, 5) is 29.1. The minimum Gasteiger partial charge on any atom is -0.342 e. The standard InChI is InChI=1S/C24H31N3O2/c1-17-13-22(23(28)15-25(3)16-24(29)26-11-4-5-12-26)18(2)27(17)21-10-9-19-7-6-8-20(19)14-21/h9-10,13-14H,4-8,11-12,15-16H2,1-3H3. The van der Waals surface area contributed by atoms with Crippen LogP contribution >= 0.6 is 0 Å². The molecule has 0 radical (unpaired) electrons. The number of likely N-dealkylation sites (tertiary alicyclic amines) is 1. The average molecular weight is 394 g/mol. The molecular weight excluding hydrogens is 362 g/mol. The Morgan fingerprint density at radius 1 is 0.966 bits per heavy atom. The monoisotopic (exact) mass is 393 g/mol. The van der Waals surface area contributed by atoms with E-state index in [1.165, 1.54) is 24.0 Å². The first kappa shape index (κ1) is 19.9. The molecule has 1 aliphatic heterocycles. The summed E-state index contributed by atoms with van der Waals surface area (Å²) in [5.74, 6) is 0.198. The zero-order valence-electron chi connectivity index (χ0n) is 17.8. The molecule has 1 fully saturated rings. The number of aromatic nitrogens is 1. The maximum absolute atomic E-state index is 13.0. The first-order chi connectivity index (χ1) is 13.9. The van der Waals surface area contributed by atoms with Crippen molar-refractivity contribution < 1.29 is 9.59 Å². The second-order valence-electron chi connectivity index (χ2n) is 8.61. The highest BCUT2D eigenvalue weighted by Gasteiger charge is 2.22. The minimum absolute atomic E-state index is 0.0715. The van der Waals surface area contributed by atoms with Crippen molar-refractivity contribution in [3.8, 4) is 5.69 Å². The van der Waals surface area contributed by atoms with Gasteiger partial charge in [0.1, 0.15) is 0 Å². The van der Waals surface area contributed by atoms with E-state index in [4.69, 9.17) is 0 Å². The highest BCUT2D eigenvalue weighted by molar-refractivity contribution is 5.99. The lowest BCUT2D eigenvalue weighted by Crippen LogP contribution is -2.39. The van der Waals surface area contributed by atoms with Gasteiger partial charge in [0, 0.05) is 35.7 Å². The lowest BCUT2D eigenvalue weighted by atomic mass is 10.1. The average Bonchev–Trinajstić information content (AvgIpc) is 3.41. The van der Waals surface area contributed by atoms with Crippen LogP contribution < -0.4 is 0 Å². The molecule has 1 saturated heterocycles. The minimum atomic E-state index is 0.0715. The number of carbonyl (C=O) groups is 2. The van der Waals surface area contributed by atoms with Crippen LogP contribution in [0.2, 0.25) is 0 Å². The van der Waals surface area contributed by atoms with Crippen LogP contribution in [0.4, 0.5) is 0 Å². The molecule has 4 rings (SSSR count). The Morgan fingerprint density at radius 3 is 2.45 bits per heavy atom. The normalized spacial score (nSPS) is 15.9.